The molecule has 2 nitrogen and oxygen atoms in total. The fraction of sp³-hybridized carbons (Fsp3) is 1.00. The minimum atomic E-state index is -0.120. The van der Waals surface area contributed by atoms with Gasteiger partial charge in [-0.15, -0.1) is 0 Å². The number of aliphatic hydroxyl groups is 2. The lowest BCUT2D eigenvalue weighted by molar-refractivity contribution is 0.0845. The van der Waals surface area contributed by atoms with Crippen LogP contribution in [0.2, 0.25) is 0 Å². The highest BCUT2D eigenvalue weighted by Crippen LogP contribution is 2.36. The summed E-state index contributed by atoms with van der Waals surface area (Å²) in [6.07, 6.45) is 0. The number of thioether (sulfide) groups is 1. The van der Waals surface area contributed by atoms with E-state index in [4.69, 9.17) is 10.2 Å². The maximum atomic E-state index is 8.66. The number of hydrogen-bond donors (Lipinski definition) is 2. The highest BCUT2D eigenvalue weighted by molar-refractivity contribution is 8.00. The maximum absolute atomic E-state index is 8.66. The molecule has 1 aliphatic rings. The first kappa shape index (κ1) is 6.39. The Kier molecular flexibility index (Phi) is 1.80. The quantitative estimate of drug-likeness (QED) is 0.545. The van der Waals surface area contributed by atoms with Crippen LogP contribution in [0.4, 0.5) is 0 Å². The van der Waals surface area contributed by atoms with Crippen molar-refractivity contribution in [1.82, 2.24) is 0 Å². The van der Waals surface area contributed by atoms with Crippen molar-refractivity contribution in [3.05, 3.63) is 0 Å². The van der Waals surface area contributed by atoms with Gasteiger partial charge >= 0.3 is 0 Å². The van der Waals surface area contributed by atoms with E-state index in [1.165, 1.54) is 0 Å². The molecule has 0 unspecified atom stereocenters. The predicted octanol–water partition coefficient (Wildman–Crippen LogP) is -0.296. The summed E-state index contributed by atoms with van der Waals surface area (Å²) in [5.74, 6) is 1.83. The van der Waals surface area contributed by atoms with Crippen molar-refractivity contribution in [2.45, 2.75) is 0 Å². The average molecular weight is 134 g/mol. The van der Waals surface area contributed by atoms with Crippen molar-refractivity contribution in [1.29, 1.82) is 0 Å². The lowest BCUT2D eigenvalue weighted by atomic mass is 9.95. The molecule has 1 heterocycles. The summed E-state index contributed by atoms with van der Waals surface area (Å²) in [4.78, 5) is 0. The van der Waals surface area contributed by atoms with E-state index >= 15 is 0 Å². The minimum Gasteiger partial charge on any atom is -0.396 e. The normalized spacial score (nSPS) is 24.8. The lowest BCUT2D eigenvalue weighted by Gasteiger charge is -2.37. The standard InChI is InChI=1S/C5H10O2S/c6-1-5(2-7)3-8-4-5/h6-7H,1-4H2. The summed E-state index contributed by atoms with van der Waals surface area (Å²) in [6.45, 7) is 0.271. The highest BCUT2D eigenvalue weighted by Gasteiger charge is 2.36. The van der Waals surface area contributed by atoms with Gasteiger partial charge in [-0.05, 0) is 0 Å². The minimum absolute atomic E-state index is 0.120. The van der Waals surface area contributed by atoms with Crippen LogP contribution in [-0.2, 0) is 0 Å². The molecule has 3 heteroatoms. The van der Waals surface area contributed by atoms with Gasteiger partial charge in [-0.1, -0.05) is 0 Å². The van der Waals surface area contributed by atoms with Crippen molar-refractivity contribution in [2.24, 2.45) is 5.41 Å². The summed E-state index contributed by atoms with van der Waals surface area (Å²) in [6, 6.07) is 0. The Bertz CT molecular complexity index is 67.0. The van der Waals surface area contributed by atoms with Crippen molar-refractivity contribution in [3.63, 3.8) is 0 Å². The summed E-state index contributed by atoms with van der Waals surface area (Å²) in [5.41, 5.74) is -0.120. The molecule has 1 aliphatic heterocycles. The third kappa shape index (κ3) is 0.855. The van der Waals surface area contributed by atoms with Gasteiger partial charge in [0.2, 0.25) is 0 Å². The molecule has 8 heavy (non-hydrogen) atoms. The Hall–Kier alpha value is 0.270. The van der Waals surface area contributed by atoms with Gasteiger partial charge in [-0.3, -0.25) is 0 Å². The second-order valence-electron chi connectivity index (χ2n) is 2.31. The van der Waals surface area contributed by atoms with Crippen LogP contribution in [0.3, 0.4) is 0 Å². The van der Waals surface area contributed by atoms with Gasteiger partial charge in [0, 0.05) is 16.9 Å². The summed E-state index contributed by atoms with van der Waals surface area (Å²) in [5, 5.41) is 17.3. The molecule has 1 rings (SSSR count). The second kappa shape index (κ2) is 2.25. The largest absolute Gasteiger partial charge is 0.396 e. The summed E-state index contributed by atoms with van der Waals surface area (Å²) >= 11 is 1.77. The second-order valence-corrected chi connectivity index (χ2v) is 3.29. The summed E-state index contributed by atoms with van der Waals surface area (Å²) in [7, 11) is 0. The molecule has 0 aromatic rings. The zero-order valence-corrected chi connectivity index (χ0v) is 5.45. The first-order valence-corrected chi connectivity index (χ1v) is 3.78. The Balaban J connectivity index is 2.33. The van der Waals surface area contributed by atoms with E-state index < -0.39 is 0 Å². The van der Waals surface area contributed by atoms with E-state index in [1.807, 2.05) is 0 Å². The molecule has 0 radical (unpaired) electrons. The van der Waals surface area contributed by atoms with Crippen LogP contribution in [0.25, 0.3) is 0 Å². The Morgan fingerprint density at radius 3 is 1.75 bits per heavy atom. The SMILES string of the molecule is OCC1(CO)CSC1. The van der Waals surface area contributed by atoms with Crippen LogP contribution in [0.5, 0.6) is 0 Å². The fourth-order valence-corrected chi connectivity index (χ4v) is 1.77. The molecule has 1 saturated heterocycles. The molecule has 0 spiro atoms. The van der Waals surface area contributed by atoms with Gasteiger partial charge in [-0.2, -0.15) is 11.8 Å². The van der Waals surface area contributed by atoms with Crippen LogP contribution in [0, 0.1) is 5.41 Å². The topological polar surface area (TPSA) is 40.5 Å². The van der Waals surface area contributed by atoms with E-state index in [1.54, 1.807) is 11.8 Å². The molecular weight excluding hydrogens is 124 g/mol. The van der Waals surface area contributed by atoms with E-state index in [-0.39, 0.29) is 18.6 Å². The predicted molar refractivity (Wildman–Crippen MR) is 33.9 cm³/mol. The van der Waals surface area contributed by atoms with E-state index in [2.05, 4.69) is 0 Å². The molecule has 48 valence electrons. The van der Waals surface area contributed by atoms with Crippen LogP contribution >= 0.6 is 11.8 Å². The van der Waals surface area contributed by atoms with E-state index in [9.17, 15) is 0 Å². The number of aliphatic hydroxyl groups excluding tert-OH is 2. The molecule has 2 N–H and O–H groups in total. The third-order valence-corrected chi connectivity index (χ3v) is 3.12. The summed E-state index contributed by atoms with van der Waals surface area (Å²) < 4.78 is 0. The van der Waals surface area contributed by atoms with Gasteiger partial charge < -0.3 is 10.2 Å². The Labute approximate surface area is 52.9 Å². The van der Waals surface area contributed by atoms with Crippen molar-refractivity contribution in [3.8, 4) is 0 Å². The molecule has 1 fully saturated rings. The van der Waals surface area contributed by atoms with Crippen LogP contribution < -0.4 is 0 Å². The zero-order valence-electron chi connectivity index (χ0n) is 4.63. The van der Waals surface area contributed by atoms with E-state index in [0.29, 0.717) is 0 Å². The van der Waals surface area contributed by atoms with E-state index in [0.717, 1.165) is 11.5 Å². The molecule has 0 aromatic carbocycles. The van der Waals surface area contributed by atoms with Gasteiger partial charge in [-0.25, -0.2) is 0 Å². The van der Waals surface area contributed by atoms with Gasteiger partial charge in [0.05, 0.1) is 13.2 Å². The van der Waals surface area contributed by atoms with Gasteiger partial charge in [0.25, 0.3) is 0 Å². The molecule has 0 atom stereocenters. The highest BCUT2D eigenvalue weighted by atomic mass is 32.2. The Morgan fingerprint density at radius 1 is 1.25 bits per heavy atom. The third-order valence-electron chi connectivity index (χ3n) is 1.49. The molecule has 0 amide bonds. The molecular formula is C5H10O2S. The first-order valence-electron chi connectivity index (χ1n) is 2.62. The molecule has 0 saturated carbocycles. The van der Waals surface area contributed by atoms with Gasteiger partial charge in [0.1, 0.15) is 0 Å². The monoisotopic (exact) mass is 134 g/mol. The lowest BCUT2D eigenvalue weighted by Crippen LogP contribution is -2.42. The number of rotatable bonds is 2. The zero-order chi connectivity index (χ0) is 6.04. The van der Waals surface area contributed by atoms with Crippen LogP contribution in [-0.4, -0.2) is 34.9 Å². The average Bonchev–Trinajstić information content (AvgIpc) is 1.67. The molecule has 0 aromatic heterocycles. The van der Waals surface area contributed by atoms with Crippen molar-refractivity contribution in [2.75, 3.05) is 24.7 Å². The smallest absolute Gasteiger partial charge is 0.0525 e. The van der Waals surface area contributed by atoms with Crippen molar-refractivity contribution < 1.29 is 10.2 Å². The van der Waals surface area contributed by atoms with Crippen LogP contribution in [0.1, 0.15) is 0 Å². The molecule has 0 aliphatic carbocycles. The fourth-order valence-electron chi connectivity index (χ4n) is 0.623. The Morgan fingerprint density at radius 2 is 1.75 bits per heavy atom. The van der Waals surface area contributed by atoms with Crippen molar-refractivity contribution >= 4 is 11.8 Å². The number of hydrogen-bond acceptors (Lipinski definition) is 3. The molecule has 0 bridgehead atoms. The first-order chi connectivity index (χ1) is 3.83. The van der Waals surface area contributed by atoms with Crippen LogP contribution in [0.15, 0.2) is 0 Å². The van der Waals surface area contributed by atoms with Gasteiger partial charge in [0.15, 0.2) is 0 Å². The maximum Gasteiger partial charge on any atom is 0.0525 e.